The predicted molar refractivity (Wildman–Crippen MR) is 48.9 cm³/mol. The minimum absolute atomic E-state index is 0.0713. The van der Waals surface area contributed by atoms with Crippen LogP contribution in [0.4, 0.5) is 10.6 Å². The van der Waals surface area contributed by atoms with Gasteiger partial charge in [0.25, 0.3) is 5.82 Å². The summed E-state index contributed by atoms with van der Waals surface area (Å²) < 4.78 is 5.59. The van der Waals surface area contributed by atoms with E-state index in [1.54, 1.807) is 6.07 Å². The van der Waals surface area contributed by atoms with Gasteiger partial charge in [-0.05, 0) is 9.91 Å². The van der Waals surface area contributed by atoms with Crippen LogP contribution < -0.4 is 5.73 Å². The van der Waals surface area contributed by atoms with Gasteiger partial charge in [0.05, 0.1) is 0 Å². The maximum atomic E-state index is 10.5. The Labute approximate surface area is 89.2 Å². The van der Waals surface area contributed by atoms with Crippen LogP contribution in [0.25, 0.3) is 0 Å². The van der Waals surface area contributed by atoms with E-state index in [0.29, 0.717) is 0 Å². The second-order valence-electron chi connectivity index (χ2n) is 2.74. The molecule has 0 atom stereocenters. The van der Waals surface area contributed by atoms with Gasteiger partial charge >= 0.3 is 11.9 Å². The highest BCUT2D eigenvalue weighted by molar-refractivity contribution is 5.64. The number of carbonyl (C=O) groups is 1. The van der Waals surface area contributed by atoms with E-state index >= 15 is 0 Å². The van der Waals surface area contributed by atoms with Crippen molar-refractivity contribution < 1.29 is 14.5 Å². The SMILES string of the molecule is Cn1c(COC(N)=O)nc([N+](=O)[O-])c1C#N. The Balaban J connectivity index is 3.09. The summed E-state index contributed by atoms with van der Waals surface area (Å²) >= 11 is 0. The van der Waals surface area contributed by atoms with Crippen molar-refractivity contribution in [2.24, 2.45) is 12.8 Å². The number of ether oxygens (including phenoxy) is 1. The Morgan fingerprint density at radius 1 is 1.81 bits per heavy atom. The smallest absolute Gasteiger partial charge is 0.405 e. The Bertz CT molecular complexity index is 486. The Kier molecular flexibility index (Phi) is 3.05. The highest BCUT2D eigenvalue weighted by Gasteiger charge is 2.26. The minimum atomic E-state index is -1.02. The topological polar surface area (TPSA) is 137 Å². The number of hydrogen-bond acceptors (Lipinski definition) is 6. The molecular formula is C7H7N5O4. The molecule has 0 saturated carbocycles. The van der Waals surface area contributed by atoms with Crippen molar-refractivity contribution in [3.8, 4) is 6.07 Å². The molecule has 0 radical (unpaired) electrons. The van der Waals surface area contributed by atoms with E-state index in [1.807, 2.05) is 0 Å². The first kappa shape index (κ1) is 11.4. The molecule has 0 aliphatic rings. The number of nitro groups is 1. The van der Waals surface area contributed by atoms with Gasteiger partial charge in [0, 0.05) is 7.05 Å². The number of rotatable bonds is 3. The summed E-state index contributed by atoms with van der Waals surface area (Å²) in [5.41, 5.74) is 4.52. The molecule has 16 heavy (non-hydrogen) atoms. The van der Waals surface area contributed by atoms with Gasteiger partial charge in [-0.25, -0.2) is 4.79 Å². The zero-order valence-corrected chi connectivity index (χ0v) is 8.21. The summed E-state index contributed by atoms with van der Waals surface area (Å²) in [6.45, 7) is -0.325. The van der Waals surface area contributed by atoms with Gasteiger partial charge in [-0.3, -0.25) is 4.57 Å². The van der Waals surface area contributed by atoms with Gasteiger partial charge in [0.2, 0.25) is 5.69 Å². The molecular weight excluding hydrogens is 218 g/mol. The molecule has 1 aromatic heterocycles. The highest BCUT2D eigenvalue weighted by Crippen LogP contribution is 2.17. The fourth-order valence-electron chi connectivity index (χ4n) is 1.05. The van der Waals surface area contributed by atoms with Crippen LogP contribution >= 0.6 is 0 Å². The number of carbonyl (C=O) groups excluding carboxylic acids is 1. The zero-order chi connectivity index (χ0) is 12.3. The van der Waals surface area contributed by atoms with Gasteiger partial charge in [-0.2, -0.15) is 5.26 Å². The summed E-state index contributed by atoms with van der Waals surface area (Å²) in [6.07, 6.45) is -1.02. The second-order valence-corrected chi connectivity index (χ2v) is 2.74. The van der Waals surface area contributed by atoms with Crippen molar-refractivity contribution in [1.29, 1.82) is 5.26 Å². The molecule has 0 aliphatic heterocycles. The molecule has 1 aromatic rings. The van der Waals surface area contributed by atoms with Crippen LogP contribution in [0.3, 0.4) is 0 Å². The largest absolute Gasteiger partial charge is 0.439 e. The lowest BCUT2D eigenvalue weighted by atomic mass is 10.5. The quantitative estimate of drug-likeness (QED) is 0.558. The third-order valence-electron chi connectivity index (χ3n) is 1.79. The average molecular weight is 225 g/mol. The van der Waals surface area contributed by atoms with Crippen molar-refractivity contribution in [2.45, 2.75) is 6.61 Å². The van der Waals surface area contributed by atoms with Crippen LogP contribution in [0.5, 0.6) is 0 Å². The lowest BCUT2D eigenvalue weighted by Crippen LogP contribution is -2.14. The number of hydrogen-bond donors (Lipinski definition) is 1. The van der Waals surface area contributed by atoms with Crippen molar-refractivity contribution in [2.75, 3.05) is 0 Å². The molecule has 0 spiro atoms. The number of nitriles is 1. The van der Waals surface area contributed by atoms with Crippen LogP contribution in [0.2, 0.25) is 0 Å². The number of primary amides is 1. The van der Waals surface area contributed by atoms with Crippen LogP contribution in [-0.2, 0) is 18.4 Å². The molecule has 84 valence electrons. The van der Waals surface area contributed by atoms with E-state index in [4.69, 9.17) is 11.0 Å². The van der Waals surface area contributed by atoms with Crippen LogP contribution in [0, 0.1) is 21.4 Å². The lowest BCUT2D eigenvalue weighted by molar-refractivity contribution is -0.389. The van der Waals surface area contributed by atoms with Crippen molar-refractivity contribution in [3.05, 3.63) is 21.6 Å². The van der Waals surface area contributed by atoms with E-state index < -0.39 is 16.8 Å². The van der Waals surface area contributed by atoms with E-state index in [0.717, 1.165) is 0 Å². The van der Waals surface area contributed by atoms with Crippen molar-refractivity contribution in [1.82, 2.24) is 9.55 Å². The highest BCUT2D eigenvalue weighted by atomic mass is 16.6. The molecule has 1 amide bonds. The van der Waals surface area contributed by atoms with Gasteiger partial charge in [0.1, 0.15) is 6.07 Å². The number of aromatic nitrogens is 2. The summed E-state index contributed by atoms with van der Waals surface area (Å²) in [5, 5.41) is 19.2. The molecule has 0 aliphatic carbocycles. The third kappa shape index (κ3) is 2.06. The number of amides is 1. The second kappa shape index (κ2) is 4.26. The third-order valence-corrected chi connectivity index (χ3v) is 1.79. The molecule has 0 aromatic carbocycles. The lowest BCUT2D eigenvalue weighted by Gasteiger charge is -1.97. The molecule has 9 heteroatoms. The number of imidazole rings is 1. The maximum absolute atomic E-state index is 10.5. The first-order valence-electron chi connectivity index (χ1n) is 3.99. The van der Waals surface area contributed by atoms with Crippen molar-refractivity contribution in [3.63, 3.8) is 0 Å². The monoisotopic (exact) mass is 225 g/mol. The van der Waals surface area contributed by atoms with Gasteiger partial charge in [0.15, 0.2) is 6.61 Å². The first-order chi connectivity index (χ1) is 7.47. The Morgan fingerprint density at radius 2 is 2.44 bits per heavy atom. The molecule has 1 rings (SSSR count). The molecule has 1 heterocycles. The molecule has 0 unspecified atom stereocenters. The van der Waals surface area contributed by atoms with Crippen LogP contribution in [0.15, 0.2) is 0 Å². The zero-order valence-electron chi connectivity index (χ0n) is 8.21. The molecule has 2 N–H and O–H groups in total. The Morgan fingerprint density at radius 3 is 2.81 bits per heavy atom. The fraction of sp³-hybridized carbons (Fsp3) is 0.286. The standard InChI is InChI=1S/C7H7N5O4/c1-11-4(2-8)6(12(14)15)10-5(11)3-16-7(9)13/h3H2,1H3,(H2,9,13). The van der Waals surface area contributed by atoms with Crippen LogP contribution in [0.1, 0.15) is 11.5 Å². The van der Waals surface area contributed by atoms with E-state index in [-0.39, 0.29) is 18.1 Å². The normalized spacial score (nSPS) is 9.50. The van der Waals surface area contributed by atoms with Gasteiger partial charge < -0.3 is 20.6 Å². The fourth-order valence-corrected chi connectivity index (χ4v) is 1.05. The van der Waals surface area contributed by atoms with Crippen molar-refractivity contribution >= 4 is 11.9 Å². The predicted octanol–water partition coefficient (Wildman–Crippen LogP) is -0.205. The van der Waals surface area contributed by atoms with Crippen LogP contribution in [-0.4, -0.2) is 20.6 Å². The molecule has 0 saturated heterocycles. The maximum Gasteiger partial charge on any atom is 0.405 e. The molecule has 0 bridgehead atoms. The first-order valence-corrected chi connectivity index (χ1v) is 3.99. The summed E-state index contributed by atoms with van der Waals surface area (Å²) in [6, 6.07) is 1.64. The van der Waals surface area contributed by atoms with E-state index in [2.05, 4.69) is 9.72 Å². The number of nitrogens with two attached hydrogens (primary N) is 1. The van der Waals surface area contributed by atoms with Gasteiger partial charge in [-0.15, -0.1) is 0 Å². The summed E-state index contributed by atoms with van der Waals surface area (Å²) in [7, 11) is 1.40. The average Bonchev–Trinajstić information content (AvgIpc) is 2.52. The molecule has 9 nitrogen and oxygen atoms in total. The van der Waals surface area contributed by atoms with E-state index in [9.17, 15) is 14.9 Å². The number of nitrogens with zero attached hydrogens (tertiary/aromatic N) is 4. The minimum Gasteiger partial charge on any atom is -0.439 e. The van der Waals surface area contributed by atoms with E-state index in [1.165, 1.54) is 11.6 Å². The summed E-state index contributed by atoms with van der Waals surface area (Å²) in [4.78, 5) is 23.6. The molecule has 0 fully saturated rings. The Hall–Kier alpha value is -2.63. The van der Waals surface area contributed by atoms with Gasteiger partial charge in [-0.1, -0.05) is 0 Å². The summed E-state index contributed by atoms with van der Waals surface area (Å²) in [5.74, 6) is -0.505.